The fourth-order valence-electron chi connectivity index (χ4n) is 4.30. The van der Waals surface area contributed by atoms with E-state index in [1.54, 1.807) is 0 Å². The highest BCUT2D eigenvalue weighted by molar-refractivity contribution is 5.76. The SMILES string of the molecule is CC[C@@H](NC(=O)CC1CCC2(CC1)OCCO2)c1c(C)nn(C)c1C. The third-order valence-electron chi connectivity index (χ3n) is 5.81. The first kappa shape index (κ1) is 18.4. The van der Waals surface area contributed by atoms with Crippen molar-refractivity contribution in [2.24, 2.45) is 13.0 Å². The third kappa shape index (κ3) is 3.90. The summed E-state index contributed by atoms with van der Waals surface area (Å²) in [6.45, 7) is 7.59. The Morgan fingerprint density at radius 2 is 1.96 bits per heavy atom. The molecule has 3 rings (SSSR count). The Bertz CT molecular complexity index is 610. The van der Waals surface area contributed by atoms with Crippen molar-refractivity contribution in [3.05, 3.63) is 17.0 Å². The van der Waals surface area contributed by atoms with Crippen LogP contribution in [0.25, 0.3) is 0 Å². The molecule has 1 aliphatic heterocycles. The standard InChI is InChI=1S/C19H31N3O3/c1-5-16(18-13(2)21-22(4)14(18)3)20-17(23)12-15-6-8-19(9-7-15)24-10-11-25-19/h15-16H,5-12H2,1-4H3,(H,20,23)/t16-/m1/s1. The van der Waals surface area contributed by atoms with Gasteiger partial charge in [-0.3, -0.25) is 9.48 Å². The predicted octanol–water partition coefficient (Wildman–Crippen LogP) is 2.93. The van der Waals surface area contributed by atoms with Crippen LogP contribution >= 0.6 is 0 Å². The summed E-state index contributed by atoms with van der Waals surface area (Å²) in [5.41, 5.74) is 3.29. The largest absolute Gasteiger partial charge is 0.349 e. The van der Waals surface area contributed by atoms with Gasteiger partial charge in [0.1, 0.15) is 0 Å². The van der Waals surface area contributed by atoms with Crippen LogP contribution in [-0.2, 0) is 21.3 Å². The van der Waals surface area contributed by atoms with Crippen molar-refractivity contribution >= 4 is 5.91 Å². The van der Waals surface area contributed by atoms with E-state index in [1.165, 1.54) is 0 Å². The molecule has 1 aromatic heterocycles. The molecule has 2 heterocycles. The first-order chi connectivity index (χ1) is 11.9. The minimum absolute atomic E-state index is 0.0395. The Kier molecular flexibility index (Phi) is 5.49. The van der Waals surface area contributed by atoms with Crippen molar-refractivity contribution < 1.29 is 14.3 Å². The maximum Gasteiger partial charge on any atom is 0.220 e. The van der Waals surface area contributed by atoms with Gasteiger partial charge in [0.05, 0.1) is 24.9 Å². The lowest BCUT2D eigenvalue weighted by Gasteiger charge is -2.35. The predicted molar refractivity (Wildman–Crippen MR) is 95.1 cm³/mol. The molecule has 1 aliphatic carbocycles. The molecule has 0 unspecified atom stereocenters. The summed E-state index contributed by atoms with van der Waals surface area (Å²) in [5, 5.41) is 7.71. The van der Waals surface area contributed by atoms with Crippen LogP contribution in [0.1, 0.15) is 68.4 Å². The lowest BCUT2D eigenvalue weighted by Crippen LogP contribution is -2.37. The molecule has 1 N–H and O–H groups in total. The topological polar surface area (TPSA) is 65.4 Å². The van der Waals surface area contributed by atoms with Gasteiger partial charge in [-0.25, -0.2) is 0 Å². The Morgan fingerprint density at radius 3 is 2.48 bits per heavy atom. The van der Waals surface area contributed by atoms with Gasteiger partial charge in [0.25, 0.3) is 0 Å². The van der Waals surface area contributed by atoms with Crippen LogP contribution in [-0.4, -0.2) is 34.7 Å². The van der Waals surface area contributed by atoms with Gasteiger partial charge in [-0.15, -0.1) is 0 Å². The van der Waals surface area contributed by atoms with Gasteiger partial charge in [-0.2, -0.15) is 5.10 Å². The molecule has 2 aliphatic rings. The van der Waals surface area contributed by atoms with Gasteiger partial charge in [0, 0.05) is 37.6 Å². The average Bonchev–Trinajstić information content (AvgIpc) is 3.13. The number of aryl methyl sites for hydroxylation is 2. The smallest absolute Gasteiger partial charge is 0.220 e. The number of carbonyl (C=O) groups is 1. The first-order valence-corrected chi connectivity index (χ1v) is 9.51. The monoisotopic (exact) mass is 349 g/mol. The van der Waals surface area contributed by atoms with Gasteiger partial charge in [-0.05, 0) is 39.0 Å². The molecule has 1 saturated carbocycles. The summed E-state index contributed by atoms with van der Waals surface area (Å²) < 4.78 is 13.4. The molecule has 0 bridgehead atoms. The average molecular weight is 349 g/mol. The van der Waals surface area contributed by atoms with Crippen LogP contribution in [0.5, 0.6) is 0 Å². The molecular formula is C19H31N3O3. The normalized spacial score (nSPS) is 21.6. The fraction of sp³-hybridized carbons (Fsp3) is 0.789. The first-order valence-electron chi connectivity index (χ1n) is 9.51. The van der Waals surface area contributed by atoms with Crippen molar-refractivity contribution in [1.82, 2.24) is 15.1 Å². The Hall–Kier alpha value is -1.40. The van der Waals surface area contributed by atoms with Crippen LogP contribution in [0.4, 0.5) is 0 Å². The van der Waals surface area contributed by atoms with Crippen LogP contribution in [0.2, 0.25) is 0 Å². The second-order valence-electron chi connectivity index (χ2n) is 7.49. The number of amides is 1. The molecule has 6 heteroatoms. The highest BCUT2D eigenvalue weighted by Gasteiger charge is 2.40. The van der Waals surface area contributed by atoms with Crippen LogP contribution < -0.4 is 5.32 Å². The number of ether oxygens (including phenoxy) is 2. The molecule has 1 saturated heterocycles. The van der Waals surface area contributed by atoms with Gasteiger partial charge >= 0.3 is 0 Å². The minimum Gasteiger partial charge on any atom is -0.349 e. The lowest BCUT2D eigenvalue weighted by molar-refractivity contribution is -0.183. The summed E-state index contributed by atoms with van der Waals surface area (Å²) in [5.74, 6) is 0.221. The molecule has 1 atom stereocenters. The highest BCUT2D eigenvalue weighted by Crippen LogP contribution is 2.39. The number of nitrogens with one attached hydrogen (secondary N) is 1. The molecule has 6 nitrogen and oxygen atoms in total. The molecule has 1 spiro atoms. The molecule has 2 fully saturated rings. The van der Waals surface area contributed by atoms with Gasteiger partial charge in [0.15, 0.2) is 5.79 Å². The summed E-state index contributed by atoms with van der Waals surface area (Å²) in [6.07, 6.45) is 5.26. The van der Waals surface area contributed by atoms with E-state index in [0.29, 0.717) is 25.6 Å². The number of carbonyl (C=O) groups excluding carboxylic acids is 1. The van der Waals surface area contributed by atoms with E-state index in [2.05, 4.69) is 24.3 Å². The highest BCUT2D eigenvalue weighted by atomic mass is 16.7. The zero-order valence-electron chi connectivity index (χ0n) is 15.9. The van der Waals surface area contributed by atoms with E-state index in [0.717, 1.165) is 49.1 Å². The lowest BCUT2D eigenvalue weighted by atomic mass is 9.83. The summed E-state index contributed by atoms with van der Waals surface area (Å²) in [7, 11) is 1.95. The number of nitrogens with zero attached hydrogens (tertiary/aromatic N) is 2. The van der Waals surface area contributed by atoms with Crippen LogP contribution in [0, 0.1) is 19.8 Å². The number of hydrogen-bond acceptors (Lipinski definition) is 4. The van der Waals surface area contributed by atoms with Crippen molar-refractivity contribution in [2.75, 3.05) is 13.2 Å². The van der Waals surface area contributed by atoms with Crippen LogP contribution in [0.3, 0.4) is 0 Å². The summed E-state index contributed by atoms with van der Waals surface area (Å²) in [4.78, 5) is 12.6. The van der Waals surface area contributed by atoms with E-state index in [1.807, 2.05) is 18.7 Å². The molecular weight excluding hydrogens is 318 g/mol. The van der Waals surface area contributed by atoms with Gasteiger partial charge in [0.2, 0.25) is 5.91 Å². The van der Waals surface area contributed by atoms with Gasteiger partial charge < -0.3 is 14.8 Å². The maximum atomic E-state index is 12.6. The quantitative estimate of drug-likeness (QED) is 0.888. The Morgan fingerprint density at radius 1 is 1.32 bits per heavy atom. The molecule has 0 radical (unpaired) electrons. The van der Waals surface area contributed by atoms with Crippen molar-refractivity contribution in [3.8, 4) is 0 Å². The Labute approximate surface area is 150 Å². The third-order valence-corrected chi connectivity index (χ3v) is 5.81. The van der Waals surface area contributed by atoms with E-state index >= 15 is 0 Å². The van der Waals surface area contributed by atoms with Crippen molar-refractivity contribution in [1.29, 1.82) is 0 Å². The maximum absolute atomic E-state index is 12.6. The molecule has 140 valence electrons. The van der Waals surface area contributed by atoms with E-state index < -0.39 is 0 Å². The molecule has 1 amide bonds. The van der Waals surface area contributed by atoms with Crippen molar-refractivity contribution in [3.63, 3.8) is 0 Å². The second-order valence-corrected chi connectivity index (χ2v) is 7.49. The fourth-order valence-corrected chi connectivity index (χ4v) is 4.30. The zero-order valence-corrected chi connectivity index (χ0v) is 15.9. The Balaban J connectivity index is 1.54. The van der Waals surface area contributed by atoms with E-state index in [-0.39, 0.29) is 17.7 Å². The summed E-state index contributed by atoms with van der Waals surface area (Å²) in [6, 6.07) is 0.0395. The zero-order chi connectivity index (χ0) is 18.0. The van der Waals surface area contributed by atoms with E-state index in [9.17, 15) is 4.79 Å². The number of rotatable bonds is 5. The molecule has 0 aromatic carbocycles. The second kappa shape index (κ2) is 7.46. The molecule has 25 heavy (non-hydrogen) atoms. The van der Waals surface area contributed by atoms with Gasteiger partial charge in [-0.1, -0.05) is 6.92 Å². The van der Waals surface area contributed by atoms with Crippen LogP contribution in [0.15, 0.2) is 0 Å². The number of aromatic nitrogens is 2. The molecule has 1 aromatic rings. The number of hydrogen-bond donors (Lipinski definition) is 1. The summed E-state index contributed by atoms with van der Waals surface area (Å²) >= 11 is 0. The van der Waals surface area contributed by atoms with Crippen molar-refractivity contribution in [2.45, 2.75) is 71.1 Å². The van der Waals surface area contributed by atoms with E-state index in [4.69, 9.17) is 9.47 Å². The minimum atomic E-state index is -0.344.